The molecule has 0 radical (unpaired) electrons. The Labute approximate surface area is 185 Å². The predicted molar refractivity (Wildman–Crippen MR) is 119 cm³/mol. The maximum atomic E-state index is 13.2. The van der Waals surface area contributed by atoms with Crippen molar-refractivity contribution in [1.29, 1.82) is 0 Å². The standard InChI is InChI=1S/C25H22ClFN2O2/c26-20-9-7-19(8-10-20)24(30)22-3-1-2-4-23(22)25(31)29-15-13-28(14-16-29)17-18-5-11-21(27)12-6-18/h1-12H,13-17H2. The monoisotopic (exact) mass is 436 g/mol. The molecule has 0 unspecified atom stereocenters. The molecule has 1 aliphatic heterocycles. The molecule has 0 aromatic heterocycles. The lowest BCUT2D eigenvalue weighted by molar-refractivity contribution is 0.0625. The Hall–Kier alpha value is -3.02. The minimum atomic E-state index is -0.244. The summed E-state index contributed by atoms with van der Waals surface area (Å²) in [5.41, 5.74) is 2.34. The van der Waals surface area contributed by atoms with Gasteiger partial charge in [-0.05, 0) is 48.0 Å². The summed E-state index contributed by atoms with van der Waals surface area (Å²) in [5, 5.41) is 0.555. The number of nitrogens with zero attached hydrogens (tertiary/aromatic N) is 2. The molecule has 0 aliphatic carbocycles. The van der Waals surface area contributed by atoms with Crippen molar-refractivity contribution in [3.05, 3.63) is 106 Å². The third-order valence-corrected chi connectivity index (χ3v) is 5.74. The van der Waals surface area contributed by atoms with Crippen molar-refractivity contribution >= 4 is 23.3 Å². The third-order valence-electron chi connectivity index (χ3n) is 5.49. The van der Waals surface area contributed by atoms with Crippen LogP contribution in [0.15, 0.2) is 72.8 Å². The minimum absolute atomic E-state index is 0.139. The molecule has 0 saturated carbocycles. The van der Waals surface area contributed by atoms with Crippen molar-refractivity contribution in [3.8, 4) is 0 Å². The highest BCUT2D eigenvalue weighted by molar-refractivity contribution is 6.30. The molecule has 4 nitrogen and oxygen atoms in total. The number of benzene rings is 3. The van der Waals surface area contributed by atoms with E-state index in [-0.39, 0.29) is 17.5 Å². The van der Waals surface area contributed by atoms with E-state index >= 15 is 0 Å². The van der Waals surface area contributed by atoms with Crippen molar-refractivity contribution < 1.29 is 14.0 Å². The Morgan fingerprint density at radius 2 is 1.42 bits per heavy atom. The zero-order chi connectivity index (χ0) is 21.8. The number of hydrogen-bond acceptors (Lipinski definition) is 3. The van der Waals surface area contributed by atoms with Gasteiger partial charge >= 0.3 is 0 Å². The zero-order valence-corrected chi connectivity index (χ0v) is 17.7. The van der Waals surface area contributed by atoms with Crippen LogP contribution in [-0.2, 0) is 6.54 Å². The van der Waals surface area contributed by atoms with Crippen molar-refractivity contribution in [3.63, 3.8) is 0 Å². The van der Waals surface area contributed by atoms with Crippen LogP contribution in [0, 0.1) is 5.82 Å². The fourth-order valence-corrected chi connectivity index (χ4v) is 3.88. The smallest absolute Gasteiger partial charge is 0.254 e. The molecule has 4 rings (SSSR count). The molecule has 0 atom stereocenters. The molecule has 0 spiro atoms. The van der Waals surface area contributed by atoms with Gasteiger partial charge in [0.05, 0.1) is 5.56 Å². The summed E-state index contributed by atoms with van der Waals surface area (Å²) < 4.78 is 13.1. The lowest BCUT2D eigenvalue weighted by Crippen LogP contribution is -2.48. The first-order valence-corrected chi connectivity index (χ1v) is 10.5. The Kier molecular flexibility index (Phi) is 6.44. The van der Waals surface area contributed by atoms with Crippen LogP contribution in [0.25, 0.3) is 0 Å². The lowest BCUT2D eigenvalue weighted by Gasteiger charge is -2.35. The van der Waals surface area contributed by atoms with E-state index < -0.39 is 0 Å². The lowest BCUT2D eigenvalue weighted by atomic mass is 9.97. The Bertz CT molecular complexity index is 1080. The number of carbonyl (C=O) groups excluding carboxylic acids is 2. The van der Waals surface area contributed by atoms with E-state index in [0.29, 0.717) is 41.3 Å². The van der Waals surface area contributed by atoms with E-state index in [1.54, 1.807) is 65.6 Å². The number of rotatable bonds is 5. The van der Waals surface area contributed by atoms with Crippen LogP contribution in [0.2, 0.25) is 5.02 Å². The predicted octanol–water partition coefficient (Wildman–Crippen LogP) is 4.67. The Balaban J connectivity index is 1.44. The highest BCUT2D eigenvalue weighted by Gasteiger charge is 2.25. The van der Waals surface area contributed by atoms with Gasteiger partial charge in [-0.2, -0.15) is 0 Å². The van der Waals surface area contributed by atoms with Gasteiger partial charge in [-0.25, -0.2) is 4.39 Å². The molecule has 0 N–H and O–H groups in total. The van der Waals surface area contributed by atoms with E-state index in [4.69, 9.17) is 11.6 Å². The van der Waals surface area contributed by atoms with E-state index in [1.165, 1.54) is 12.1 Å². The van der Waals surface area contributed by atoms with Gasteiger partial charge in [0, 0.05) is 48.9 Å². The van der Waals surface area contributed by atoms with Crippen molar-refractivity contribution in [2.45, 2.75) is 6.54 Å². The highest BCUT2D eigenvalue weighted by atomic mass is 35.5. The Morgan fingerprint density at radius 3 is 2.06 bits per heavy atom. The normalized spacial score (nSPS) is 14.5. The second-order valence-electron chi connectivity index (χ2n) is 7.58. The largest absolute Gasteiger partial charge is 0.336 e. The van der Waals surface area contributed by atoms with Crippen LogP contribution < -0.4 is 0 Å². The first kappa shape index (κ1) is 21.2. The average molecular weight is 437 g/mol. The SMILES string of the molecule is O=C(c1ccc(Cl)cc1)c1ccccc1C(=O)N1CCN(Cc2ccc(F)cc2)CC1. The first-order valence-electron chi connectivity index (χ1n) is 10.2. The van der Waals surface area contributed by atoms with E-state index in [2.05, 4.69) is 4.90 Å². The van der Waals surface area contributed by atoms with Gasteiger partial charge in [-0.3, -0.25) is 14.5 Å². The molecular weight excluding hydrogens is 415 g/mol. The van der Waals surface area contributed by atoms with Gasteiger partial charge in [-0.1, -0.05) is 41.9 Å². The minimum Gasteiger partial charge on any atom is -0.336 e. The quantitative estimate of drug-likeness (QED) is 0.546. The van der Waals surface area contributed by atoms with Gasteiger partial charge in [-0.15, -0.1) is 0 Å². The third kappa shape index (κ3) is 5.01. The van der Waals surface area contributed by atoms with Crippen molar-refractivity contribution in [1.82, 2.24) is 9.80 Å². The first-order chi connectivity index (χ1) is 15.0. The maximum Gasteiger partial charge on any atom is 0.254 e. The number of amides is 1. The van der Waals surface area contributed by atoms with Gasteiger partial charge in [0.2, 0.25) is 0 Å². The summed E-state index contributed by atoms with van der Waals surface area (Å²) in [7, 11) is 0. The van der Waals surface area contributed by atoms with Gasteiger partial charge in [0.15, 0.2) is 5.78 Å². The second kappa shape index (κ2) is 9.41. The fourth-order valence-electron chi connectivity index (χ4n) is 3.75. The van der Waals surface area contributed by atoms with Crippen LogP contribution in [0.1, 0.15) is 31.8 Å². The summed E-state index contributed by atoms with van der Waals surface area (Å²) in [6, 6.07) is 20.1. The van der Waals surface area contributed by atoms with Gasteiger partial charge in [0.1, 0.15) is 5.82 Å². The number of halogens is 2. The molecule has 3 aromatic rings. The zero-order valence-electron chi connectivity index (χ0n) is 16.9. The van der Waals surface area contributed by atoms with Crippen molar-refractivity contribution in [2.75, 3.05) is 26.2 Å². The molecule has 1 saturated heterocycles. The van der Waals surface area contributed by atoms with Crippen molar-refractivity contribution in [2.24, 2.45) is 0 Å². The topological polar surface area (TPSA) is 40.6 Å². The number of ketones is 1. The maximum absolute atomic E-state index is 13.2. The molecular formula is C25H22ClFN2O2. The highest BCUT2D eigenvalue weighted by Crippen LogP contribution is 2.19. The molecule has 6 heteroatoms. The van der Waals surface area contributed by atoms with Gasteiger partial charge in [0.25, 0.3) is 5.91 Å². The summed E-state index contributed by atoms with van der Waals surface area (Å²) in [6.45, 7) is 3.30. The van der Waals surface area contributed by atoms with E-state index in [9.17, 15) is 14.0 Å². The average Bonchev–Trinajstić information content (AvgIpc) is 2.81. The summed E-state index contributed by atoms with van der Waals surface area (Å²) >= 11 is 5.92. The summed E-state index contributed by atoms with van der Waals surface area (Å²) in [6.07, 6.45) is 0. The molecule has 1 amide bonds. The fraction of sp³-hybridized carbons (Fsp3) is 0.200. The number of carbonyl (C=O) groups is 2. The summed E-state index contributed by atoms with van der Waals surface area (Å²) in [4.78, 5) is 30.2. The number of hydrogen-bond donors (Lipinski definition) is 0. The van der Waals surface area contributed by atoms with E-state index in [0.717, 1.165) is 18.7 Å². The van der Waals surface area contributed by atoms with Crippen LogP contribution in [0.5, 0.6) is 0 Å². The second-order valence-corrected chi connectivity index (χ2v) is 8.01. The van der Waals surface area contributed by atoms with E-state index in [1.807, 2.05) is 0 Å². The summed E-state index contributed by atoms with van der Waals surface area (Å²) in [5.74, 6) is -0.583. The van der Waals surface area contributed by atoms with Crippen LogP contribution in [-0.4, -0.2) is 47.7 Å². The molecule has 31 heavy (non-hydrogen) atoms. The van der Waals surface area contributed by atoms with Gasteiger partial charge < -0.3 is 4.90 Å². The van der Waals surface area contributed by atoms with Crippen LogP contribution in [0.3, 0.4) is 0 Å². The molecule has 1 fully saturated rings. The number of piperazine rings is 1. The Morgan fingerprint density at radius 1 is 0.806 bits per heavy atom. The molecule has 3 aromatic carbocycles. The van der Waals surface area contributed by atoms with Crippen LogP contribution in [0.4, 0.5) is 4.39 Å². The molecule has 1 aliphatic rings. The molecule has 158 valence electrons. The molecule has 1 heterocycles. The van der Waals surface area contributed by atoms with Crippen LogP contribution >= 0.6 is 11.6 Å². The molecule has 0 bridgehead atoms.